The third-order valence-corrected chi connectivity index (χ3v) is 3.98. The van der Waals surface area contributed by atoms with Crippen LogP contribution in [0.4, 0.5) is 101 Å². The largest absolute Gasteiger partial charge is 0.465 e. The Morgan fingerprint density at radius 1 is 0.425 bits per heavy atom. The molecule has 0 heterocycles. The average Bonchev–Trinajstić information content (AvgIpc) is 2.69. The maximum atomic E-state index is 14.6. The molecule has 0 aromatic rings. The van der Waals surface area contributed by atoms with Crippen LogP contribution >= 0.6 is 0 Å². The minimum atomic E-state index is -8.96. The summed E-state index contributed by atoms with van der Waals surface area (Å²) in [7, 11) is -0.623. The van der Waals surface area contributed by atoms with E-state index in [0.717, 1.165) is 4.74 Å². The normalized spacial score (nSPS) is 18.7. The van der Waals surface area contributed by atoms with Crippen LogP contribution in [0.3, 0.4) is 0 Å². The van der Waals surface area contributed by atoms with Crippen LogP contribution in [0.2, 0.25) is 0 Å². The smallest absolute Gasteiger partial charge is 0.460 e. The van der Waals surface area contributed by atoms with Gasteiger partial charge >= 0.3 is 72.1 Å². The van der Waals surface area contributed by atoms with Crippen LogP contribution in [-0.2, 0) is 19.0 Å². The Kier molecular flexibility index (Phi) is 9.13. The summed E-state index contributed by atoms with van der Waals surface area (Å²) in [6.07, 6.45) is -32.8. The van der Waals surface area contributed by atoms with E-state index in [1.54, 1.807) is 0 Å². The molecular weight excluding hydrogens is 657 g/mol. The summed E-state index contributed by atoms with van der Waals surface area (Å²) in [5.41, 5.74) is 0. The Balaban J connectivity index is 7.76. The van der Waals surface area contributed by atoms with Crippen molar-refractivity contribution in [2.24, 2.45) is 0 Å². The van der Waals surface area contributed by atoms with Crippen LogP contribution in [-0.4, -0.2) is 79.2 Å². The molecule has 0 aliphatic heterocycles. The highest BCUT2D eigenvalue weighted by Crippen LogP contribution is 2.61. The monoisotopic (exact) mass is 660 g/mol. The number of ether oxygens (including phenoxy) is 3. The van der Waals surface area contributed by atoms with Crippen molar-refractivity contribution in [2.45, 2.75) is 66.1 Å². The molecule has 2 unspecified atom stereocenters. The Labute approximate surface area is 200 Å². The summed E-state index contributed by atoms with van der Waals surface area (Å²) < 4.78 is 305. The fourth-order valence-corrected chi connectivity index (χ4v) is 1.83. The first-order valence-electron chi connectivity index (χ1n) is 8.23. The molecule has 0 radical (unpaired) electrons. The molecule has 0 amide bonds. The number of carbonyl (C=O) groups is 1. The number of hydrogen-bond acceptors (Lipinski definition) is 4. The molecule has 240 valence electrons. The second-order valence-corrected chi connectivity index (χ2v) is 6.71. The Bertz CT molecular complexity index is 931. The number of rotatable bonds is 10. The van der Waals surface area contributed by atoms with Gasteiger partial charge in [0.25, 0.3) is 0 Å². The fourth-order valence-electron chi connectivity index (χ4n) is 1.83. The number of esters is 1. The predicted octanol–water partition coefficient (Wildman–Crippen LogP) is 6.94. The van der Waals surface area contributed by atoms with Crippen molar-refractivity contribution in [1.82, 2.24) is 0 Å². The zero-order valence-electron chi connectivity index (χ0n) is 17.3. The number of carbonyl (C=O) groups excluding carboxylic acids is 1. The molecule has 4 nitrogen and oxygen atoms in total. The van der Waals surface area contributed by atoms with Gasteiger partial charge < -0.3 is 4.74 Å². The topological polar surface area (TPSA) is 44.8 Å². The SMILES string of the molecule is COC(=O)C(F)(OC(F)(OC(F)(F)C(F)(F)C(F)(F)C(F)(F)F)C(F)(F)C(F)(F)C(F)(F)F)C(F)(F)C(F)(F)F. The van der Waals surface area contributed by atoms with Gasteiger partial charge in [-0.15, -0.1) is 0 Å². The second kappa shape index (κ2) is 9.67. The van der Waals surface area contributed by atoms with E-state index < -0.39 is 79.2 Å². The van der Waals surface area contributed by atoms with Crippen LogP contribution in [0.25, 0.3) is 0 Å². The van der Waals surface area contributed by atoms with Crippen molar-refractivity contribution in [3.8, 4) is 0 Å². The lowest BCUT2D eigenvalue weighted by molar-refractivity contribution is -0.566. The van der Waals surface area contributed by atoms with E-state index in [9.17, 15) is 106 Å². The van der Waals surface area contributed by atoms with Crippen LogP contribution in [0.15, 0.2) is 0 Å². The Morgan fingerprint density at radius 2 is 0.725 bits per heavy atom. The molecule has 0 aliphatic rings. The molecule has 0 saturated heterocycles. The number of hydrogen-bond donors (Lipinski definition) is 0. The van der Waals surface area contributed by atoms with Crippen LogP contribution in [0.5, 0.6) is 0 Å². The third-order valence-electron chi connectivity index (χ3n) is 3.98. The number of halogens is 23. The number of alkyl halides is 23. The molecular formula is C13H3F23O4. The van der Waals surface area contributed by atoms with Gasteiger partial charge in [-0.25, -0.2) is 9.53 Å². The fraction of sp³-hybridized carbons (Fsp3) is 0.923. The average molecular weight is 660 g/mol. The Hall–Kier alpha value is -2.22. The maximum Gasteiger partial charge on any atom is 0.460 e. The van der Waals surface area contributed by atoms with Gasteiger partial charge in [0.05, 0.1) is 7.11 Å². The first-order chi connectivity index (χ1) is 16.9. The lowest BCUT2D eigenvalue weighted by Gasteiger charge is -2.43. The molecule has 27 heteroatoms. The lowest BCUT2D eigenvalue weighted by atomic mass is 10.1. The molecule has 0 rings (SSSR count). The Morgan fingerprint density at radius 3 is 1.00 bits per heavy atom. The van der Waals surface area contributed by atoms with Gasteiger partial charge in [-0.05, 0) is 0 Å². The highest BCUT2D eigenvalue weighted by molar-refractivity contribution is 5.79. The molecule has 2 atom stereocenters. The molecule has 0 bridgehead atoms. The van der Waals surface area contributed by atoms with Gasteiger partial charge in [-0.1, -0.05) is 0 Å². The second-order valence-electron chi connectivity index (χ2n) is 6.71. The molecule has 0 aromatic carbocycles. The van der Waals surface area contributed by atoms with E-state index >= 15 is 0 Å². The number of methoxy groups -OCH3 is 1. The van der Waals surface area contributed by atoms with Gasteiger partial charge in [0, 0.05) is 0 Å². The zero-order chi connectivity index (χ0) is 33.2. The van der Waals surface area contributed by atoms with Gasteiger partial charge in [0.15, 0.2) is 0 Å². The van der Waals surface area contributed by atoms with Crippen LogP contribution in [0.1, 0.15) is 0 Å². The predicted molar refractivity (Wildman–Crippen MR) is 69.7 cm³/mol. The summed E-state index contributed by atoms with van der Waals surface area (Å²) >= 11 is 0. The third kappa shape index (κ3) is 5.37. The van der Waals surface area contributed by atoms with Crippen molar-refractivity contribution in [2.75, 3.05) is 7.11 Å². The van der Waals surface area contributed by atoms with Gasteiger partial charge in [-0.3, -0.25) is 4.74 Å². The van der Waals surface area contributed by atoms with E-state index in [4.69, 9.17) is 0 Å². The molecule has 0 fully saturated rings. The summed E-state index contributed by atoms with van der Waals surface area (Å²) in [5, 5.41) is 0. The molecule has 0 aromatic heterocycles. The molecule has 0 aliphatic carbocycles. The van der Waals surface area contributed by atoms with E-state index in [0.29, 0.717) is 0 Å². The minimum Gasteiger partial charge on any atom is -0.465 e. The quantitative estimate of drug-likeness (QED) is 0.145. The summed E-state index contributed by atoms with van der Waals surface area (Å²) in [6.45, 7) is 0. The van der Waals surface area contributed by atoms with E-state index in [2.05, 4.69) is 4.74 Å². The van der Waals surface area contributed by atoms with E-state index in [1.165, 1.54) is 4.74 Å². The summed E-state index contributed by atoms with van der Waals surface area (Å²) in [4.78, 5) is 11.0. The zero-order valence-corrected chi connectivity index (χ0v) is 17.3. The lowest BCUT2D eigenvalue weighted by Crippen LogP contribution is -2.73. The van der Waals surface area contributed by atoms with E-state index in [1.807, 2.05) is 0 Å². The van der Waals surface area contributed by atoms with Gasteiger partial charge in [-0.2, -0.15) is 101 Å². The first kappa shape index (κ1) is 37.8. The van der Waals surface area contributed by atoms with Gasteiger partial charge in [0.1, 0.15) is 0 Å². The van der Waals surface area contributed by atoms with Crippen molar-refractivity contribution >= 4 is 5.97 Å². The molecule has 0 saturated carbocycles. The van der Waals surface area contributed by atoms with Gasteiger partial charge in [0.2, 0.25) is 0 Å². The van der Waals surface area contributed by atoms with Crippen molar-refractivity contribution in [3.63, 3.8) is 0 Å². The highest BCUT2D eigenvalue weighted by atomic mass is 19.4. The van der Waals surface area contributed by atoms with Crippen LogP contribution < -0.4 is 0 Å². The molecule has 40 heavy (non-hydrogen) atoms. The van der Waals surface area contributed by atoms with E-state index in [-0.39, 0.29) is 0 Å². The summed E-state index contributed by atoms with van der Waals surface area (Å²) in [5.74, 6) is -55.1. The molecule has 0 spiro atoms. The summed E-state index contributed by atoms with van der Waals surface area (Å²) in [6, 6.07) is -8.78. The standard InChI is InChI=1S/C13H3F23O4/c1-38-2(37)3(14,4(15,16)9(25,26)27)39-13(36,8(23,24)6(19,20)11(31,32)33)40-12(34,35)7(21,22)5(17,18)10(28,29)30/h1H3. The first-order valence-corrected chi connectivity index (χ1v) is 8.23. The molecule has 0 N–H and O–H groups in total. The van der Waals surface area contributed by atoms with Crippen molar-refractivity contribution in [1.29, 1.82) is 0 Å². The highest BCUT2D eigenvalue weighted by Gasteiger charge is 2.91. The van der Waals surface area contributed by atoms with Crippen molar-refractivity contribution < 1.29 is 120 Å². The van der Waals surface area contributed by atoms with Crippen LogP contribution in [0, 0.1) is 0 Å². The minimum absolute atomic E-state index is 0.623. The maximum absolute atomic E-state index is 14.6. The van der Waals surface area contributed by atoms with Crippen molar-refractivity contribution in [3.05, 3.63) is 0 Å².